The fraction of sp³-hybridized carbons (Fsp3) is 0.111. The molecule has 5 nitrogen and oxygen atoms in total. The van der Waals surface area contributed by atoms with Crippen molar-refractivity contribution in [2.75, 3.05) is 17.7 Å². The second kappa shape index (κ2) is 7.53. The molecular formula is C18H15ClF2N4O. The second-order valence-corrected chi connectivity index (χ2v) is 5.85. The third-order valence-electron chi connectivity index (χ3n) is 3.46. The summed E-state index contributed by atoms with van der Waals surface area (Å²) in [6.45, 7) is 1.78. The topological polar surface area (TPSA) is 59.1 Å². The van der Waals surface area contributed by atoms with Gasteiger partial charge in [-0.25, -0.2) is 13.8 Å². The molecule has 0 atom stereocenters. The molecule has 0 amide bonds. The van der Waals surface area contributed by atoms with Crippen LogP contribution in [0.2, 0.25) is 5.02 Å². The number of nitrogens with one attached hydrogen (secondary N) is 2. The van der Waals surface area contributed by atoms with Gasteiger partial charge in [0.15, 0.2) is 0 Å². The number of methoxy groups -OCH3 is 1. The van der Waals surface area contributed by atoms with E-state index in [2.05, 4.69) is 20.6 Å². The van der Waals surface area contributed by atoms with Crippen LogP contribution in [0.25, 0.3) is 0 Å². The number of ether oxygens (including phenoxy) is 1. The van der Waals surface area contributed by atoms with Gasteiger partial charge in [0, 0.05) is 23.5 Å². The van der Waals surface area contributed by atoms with Gasteiger partial charge < -0.3 is 15.4 Å². The summed E-state index contributed by atoms with van der Waals surface area (Å²) in [5.74, 6) is -0.138. The van der Waals surface area contributed by atoms with Crippen LogP contribution in [0.1, 0.15) is 5.69 Å². The van der Waals surface area contributed by atoms with Crippen molar-refractivity contribution < 1.29 is 13.5 Å². The summed E-state index contributed by atoms with van der Waals surface area (Å²) in [6, 6.07) is 10.1. The number of hydrogen-bond acceptors (Lipinski definition) is 5. The molecule has 2 N–H and O–H groups in total. The van der Waals surface area contributed by atoms with Crippen LogP contribution in [0.5, 0.6) is 5.75 Å². The predicted octanol–water partition coefficient (Wildman–Crippen LogP) is 5.21. The molecule has 0 spiro atoms. The van der Waals surface area contributed by atoms with E-state index in [-0.39, 0.29) is 5.69 Å². The van der Waals surface area contributed by atoms with Gasteiger partial charge in [0.2, 0.25) is 5.95 Å². The highest BCUT2D eigenvalue weighted by atomic mass is 35.5. The van der Waals surface area contributed by atoms with E-state index in [1.54, 1.807) is 31.2 Å². The number of aromatic nitrogens is 2. The number of anilines is 4. The van der Waals surface area contributed by atoms with Gasteiger partial charge in [0.25, 0.3) is 0 Å². The maximum atomic E-state index is 13.8. The Bertz CT molecular complexity index is 952. The lowest BCUT2D eigenvalue weighted by molar-refractivity contribution is 0.415. The Morgan fingerprint density at radius 1 is 1.00 bits per heavy atom. The molecule has 3 aromatic rings. The highest BCUT2D eigenvalue weighted by molar-refractivity contribution is 6.32. The van der Waals surface area contributed by atoms with Crippen molar-refractivity contribution in [2.45, 2.75) is 6.92 Å². The fourth-order valence-electron chi connectivity index (χ4n) is 2.29. The minimum absolute atomic E-state index is 0.114. The molecule has 1 aromatic heterocycles. The Kier molecular flexibility index (Phi) is 5.18. The minimum atomic E-state index is -0.710. The van der Waals surface area contributed by atoms with Gasteiger partial charge in [-0.3, -0.25) is 0 Å². The number of rotatable bonds is 5. The summed E-state index contributed by atoms with van der Waals surface area (Å²) in [7, 11) is 1.53. The van der Waals surface area contributed by atoms with Gasteiger partial charge in [-0.15, -0.1) is 0 Å². The number of benzene rings is 2. The molecule has 26 heavy (non-hydrogen) atoms. The SMILES string of the molecule is COc1ccc(Nc2nc(C)cc(Nc3ccc(F)cc3F)n2)cc1Cl. The lowest BCUT2D eigenvalue weighted by Crippen LogP contribution is -2.03. The van der Waals surface area contributed by atoms with E-state index >= 15 is 0 Å². The molecule has 0 aliphatic carbocycles. The maximum Gasteiger partial charge on any atom is 0.229 e. The van der Waals surface area contributed by atoms with Crippen molar-refractivity contribution >= 4 is 34.7 Å². The van der Waals surface area contributed by atoms with Crippen LogP contribution in [0.15, 0.2) is 42.5 Å². The molecule has 8 heteroatoms. The zero-order valence-electron chi connectivity index (χ0n) is 14.0. The summed E-state index contributed by atoms with van der Waals surface area (Å²) < 4.78 is 31.9. The Balaban J connectivity index is 1.84. The fourth-order valence-corrected chi connectivity index (χ4v) is 2.55. The minimum Gasteiger partial charge on any atom is -0.495 e. The smallest absolute Gasteiger partial charge is 0.229 e. The summed E-state index contributed by atoms with van der Waals surface area (Å²) in [4.78, 5) is 8.58. The Hall–Kier alpha value is -2.93. The lowest BCUT2D eigenvalue weighted by atomic mass is 10.3. The van der Waals surface area contributed by atoms with E-state index in [0.29, 0.717) is 33.9 Å². The lowest BCUT2D eigenvalue weighted by Gasteiger charge is -2.11. The molecule has 3 rings (SSSR count). The zero-order valence-corrected chi connectivity index (χ0v) is 14.7. The number of aryl methyl sites for hydroxylation is 1. The molecule has 0 aliphatic rings. The number of nitrogens with zero attached hydrogens (tertiary/aromatic N) is 2. The van der Waals surface area contributed by atoms with Gasteiger partial charge >= 0.3 is 0 Å². The second-order valence-electron chi connectivity index (χ2n) is 5.44. The van der Waals surface area contributed by atoms with Gasteiger partial charge in [0.1, 0.15) is 23.2 Å². The van der Waals surface area contributed by atoms with Crippen LogP contribution in [0, 0.1) is 18.6 Å². The van der Waals surface area contributed by atoms with E-state index in [1.165, 1.54) is 13.2 Å². The van der Waals surface area contributed by atoms with Crippen LogP contribution in [-0.4, -0.2) is 17.1 Å². The quantitative estimate of drug-likeness (QED) is 0.640. The van der Waals surface area contributed by atoms with Crippen molar-refractivity contribution in [3.05, 3.63) is 64.8 Å². The number of halogens is 3. The van der Waals surface area contributed by atoms with E-state index in [4.69, 9.17) is 16.3 Å². The molecular weight excluding hydrogens is 362 g/mol. The highest BCUT2D eigenvalue weighted by Gasteiger charge is 2.08. The van der Waals surface area contributed by atoms with Crippen LogP contribution in [0.4, 0.5) is 31.9 Å². The summed E-state index contributed by atoms with van der Waals surface area (Å²) in [5, 5.41) is 6.29. The maximum absolute atomic E-state index is 13.8. The highest BCUT2D eigenvalue weighted by Crippen LogP contribution is 2.28. The molecule has 0 unspecified atom stereocenters. The summed E-state index contributed by atoms with van der Waals surface area (Å²) in [6.07, 6.45) is 0. The number of hydrogen-bond donors (Lipinski definition) is 2. The molecule has 0 fully saturated rings. The van der Waals surface area contributed by atoms with Crippen LogP contribution >= 0.6 is 11.6 Å². The van der Waals surface area contributed by atoms with E-state index in [9.17, 15) is 8.78 Å². The monoisotopic (exact) mass is 376 g/mol. The molecule has 0 radical (unpaired) electrons. The Morgan fingerprint density at radius 3 is 2.50 bits per heavy atom. The Morgan fingerprint density at radius 2 is 1.81 bits per heavy atom. The van der Waals surface area contributed by atoms with Gasteiger partial charge in [-0.05, 0) is 37.3 Å². The Labute approximate surface area is 154 Å². The predicted molar refractivity (Wildman–Crippen MR) is 97.7 cm³/mol. The molecule has 134 valence electrons. The van der Waals surface area contributed by atoms with E-state index < -0.39 is 11.6 Å². The molecule has 2 aromatic carbocycles. The van der Waals surface area contributed by atoms with Crippen molar-refractivity contribution in [1.82, 2.24) is 9.97 Å². The normalized spacial score (nSPS) is 10.5. The summed E-state index contributed by atoms with van der Waals surface area (Å²) >= 11 is 6.11. The van der Waals surface area contributed by atoms with Crippen LogP contribution < -0.4 is 15.4 Å². The van der Waals surface area contributed by atoms with Crippen molar-refractivity contribution in [2.24, 2.45) is 0 Å². The first-order valence-corrected chi connectivity index (χ1v) is 8.01. The van der Waals surface area contributed by atoms with Crippen LogP contribution in [0.3, 0.4) is 0 Å². The van der Waals surface area contributed by atoms with Gasteiger partial charge in [-0.1, -0.05) is 11.6 Å². The van der Waals surface area contributed by atoms with Crippen molar-refractivity contribution in [3.8, 4) is 5.75 Å². The zero-order chi connectivity index (χ0) is 18.7. The van der Waals surface area contributed by atoms with Crippen LogP contribution in [-0.2, 0) is 0 Å². The largest absolute Gasteiger partial charge is 0.495 e. The first-order valence-electron chi connectivity index (χ1n) is 7.63. The van der Waals surface area contributed by atoms with Crippen molar-refractivity contribution in [1.29, 1.82) is 0 Å². The third-order valence-corrected chi connectivity index (χ3v) is 3.75. The molecule has 1 heterocycles. The summed E-state index contributed by atoms with van der Waals surface area (Å²) in [5.41, 5.74) is 1.44. The third kappa shape index (κ3) is 4.18. The van der Waals surface area contributed by atoms with E-state index in [1.807, 2.05) is 0 Å². The average molecular weight is 377 g/mol. The van der Waals surface area contributed by atoms with E-state index in [0.717, 1.165) is 12.1 Å². The first kappa shape index (κ1) is 17.9. The molecule has 0 aliphatic heterocycles. The van der Waals surface area contributed by atoms with Gasteiger partial charge in [-0.2, -0.15) is 4.98 Å². The first-order chi connectivity index (χ1) is 12.4. The standard InChI is InChI=1S/C18H15ClF2N4O/c1-10-7-17(24-15-5-3-11(20)8-14(15)21)25-18(22-10)23-12-4-6-16(26-2)13(19)9-12/h3-9H,1-2H3,(H2,22,23,24,25). The van der Waals surface area contributed by atoms with Gasteiger partial charge in [0.05, 0.1) is 17.8 Å². The average Bonchev–Trinajstić information content (AvgIpc) is 2.57. The van der Waals surface area contributed by atoms with Crippen molar-refractivity contribution in [3.63, 3.8) is 0 Å². The molecule has 0 saturated heterocycles. The molecule has 0 bridgehead atoms. The molecule has 0 saturated carbocycles.